The summed E-state index contributed by atoms with van der Waals surface area (Å²) in [6.45, 7) is 7.51. The molecule has 1 rings (SSSR count). The van der Waals surface area contributed by atoms with E-state index in [1.165, 1.54) is 0 Å². The number of aliphatic hydroxyl groups is 1. The van der Waals surface area contributed by atoms with E-state index >= 15 is 0 Å². The summed E-state index contributed by atoms with van der Waals surface area (Å²) in [4.78, 5) is 23.5. The van der Waals surface area contributed by atoms with Crippen LogP contribution in [0.2, 0.25) is 0 Å². The molecule has 0 aromatic heterocycles. The lowest BCUT2D eigenvalue weighted by Gasteiger charge is -2.23. The number of para-hydroxylation sites is 1. The fourth-order valence-corrected chi connectivity index (χ4v) is 1.76. The van der Waals surface area contributed by atoms with Gasteiger partial charge in [-0.3, -0.25) is 9.59 Å². The summed E-state index contributed by atoms with van der Waals surface area (Å²) in [6.07, 6.45) is 0. The molecule has 0 spiro atoms. The lowest BCUT2D eigenvalue weighted by atomic mass is 9.86. The van der Waals surface area contributed by atoms with Gasteiger partial charge >= 0.3 is 11.8 Å². The predicted octanol–water partition coefficient (Wildman–Crippen LogP) is 1.42. The van der Waals surface area contributed by atoms with Crippen LogP contribution >= 0.6 is 0 Å². The minimum atomic E-state index is -0.754. The van der Waals surface area contributed by atoms with Gasteiger partial charge in [0.25, 0.3) is 0 Å². The molecule has 0 fully saturated rings. The second-order valence-electron chi connectivity index (χ2n) is 5.81. The molecule has 0 aliphatic rings. The smallest absolute Gasteiger partial charge is 0.313 e. The average Bonchev–Trinajstić information content (AvgIpc) is 2.37. The van der Waals surface area contributed by atoms with Crippen molar-refractivity contribution in [1.82, 2.24) is 5.32 Å². The van der Waals surface area contributed by atoms with E-state index in [-0.39, 0.29) is 12.0 Å². The fraction of sp³-hybridized carbons (Fsp3) is 0.467. The standard InChI is InChI=1S/C15H22N2O3/c1-10(9-18)16-13(19)14(20)17-12-8-6-5-7-11(12)15(2,3)4/h5-8,10,18H,9H2,1-4H3,(H,16,19)(H,17,20). The third-order valence-electron chi connectivity index (χ3n) is 2.84. The second kappa shape index (κ2) is 6.52. The van der Waals surface area contributed by atoms with Crippen LogP contribution in [0.15, 0.2) is 24.3 Å². The van der Waals surface area contributed by atoms with Gasteiger partial charge in [-0.05, 0) is 24.0 Å². The van der Waals surface area contributed by atoms with Crippen LogP contribution in [0.25, 0.3) is 0 Å². The maximum Gasteiger partial charge on any atom is 0.313 e. The van der Waals surface area contributed by atoms with Crippen LogP contribution in [0.3, 0.4) is 0 Å². The van der Waals surface area contributed by atoms with Gasteiger partial charge in [-0.15, -0.1) is 0 Å². The molecule has 1 aromatic rings. The topological polar surface area (TPSA) is 78.4 Å². The SMILES string of the molecule is CC(CO)NC(=O)C(=O)Nc1ccccc1C(C)(C)C. The number of anilines is 1. The van der Waals surface area contributed by atoms with Crippen LogP contribution in [0.5, 0.6) is 0 Å². The number of benzene rings is 1. The molecule has 0 heterocycles. The largest absolute Gasteiger partial charge is 0.394 e. The van der Waals surface area contributed by atoms with E-state index in [2.05, 4.69) is 10.6 Å². The molecule has 5 nitrogen and oxygen atoms in total. The van der Waals surface area contributed by atoms with E-state index in [1.54, 1.807) is 19.1 Å². The van der Waals surface area contributed by atoms with Gasteiger partial charge in [-0.2, -0.15) is 0 Å². The van der Waals surface area contributed by atoms with Crippen molar-refractivity contribution in [3.05, 3.63) is 29.8 Å². The van der Waals surface area contributed by atoms with E-state index in [0.29, 0.717) is 5.69 Å². The molecule has 0 saturated carbocycles. The summed E-state index contributed by atoms with van der Waals surface area (Å²) in [7, 11) is 0. The predicted molar refractivity (Wildman–Crippen MR) is 78.5 cm³/mol. The number of rotatable bonds is 3. The molecule has 0 saturated heterocycles. The number of amides is 2. The molecule has 110 valence electrons. The van der Waals surface area contributed by atoms with Crippen molar-refractivity contribution in [1.29, 1.82) is 0 Å². The van der Waals surface area contributed by atoms with Crippen molar-refractivity contribution < 1.29 is 14.7 Å². The third-order valence-corrected chi connectivity index (χ3v) is 2.84. The van der Waals surface area contributed by atoms with Crippen LogP contribution in [0.4, 0.5) is 5.69 Å². The highest BCUT2D eigenvalue weighted by molar-refractivity contribution is 6.39. The number of hydrogen-bond acceptors (Lipinski definition) is 3. The Labute approximate surface area is 119 Å². The van der Waals surface area contributed by atoms with Gasteiger partial charge in [-0.25, -0.2) is 0 Å². The quantitative estimate of drug-likeness (QED) is 0.732. The minimum Gasteiger partial charge on any atom is -0.394 e. The van der Waals surface area contributed by atoms with Crippen molar-refractivity contribution in [2.24, 2.45) is 0 Å². The van der Waals surface area contributed by atoms with E-state index in [4.69, 9.17) is 5.11 Å². The molecular formula is C15H22N2O3. The normalized spacial score (nSPS) is 12.7. The molecule has 0 aliphatic heterocycles. The van der Waals surface area contributed by atoms with Gasteiger partial charge in [0.1, 0.15) is 0 Å². The molecule has 1 aromatic carbocycles. The monoisotopic (exact) mass is 278 g/mol. The number of carbonyl (C=O) groups excluding carboxylic acids is 2. The summed E-state index contributed by atoms with van der Waals surface area (Å²) in [5.74, 6) is -1.49. The van der Waals surface area contributed by atoms with Crippen molar-refractivity contribution in [3.63, 3.8) is 0 Å². The Morgan fingerprint density at radius 2 is 1.80 bits per heavy atom. The Balaban J connectivity index is 2.84. The van der Waals surface area contributed by atoms with Crippen molar-refractivity contribution in [2.75, 3.05) is 11.9 Å². The molecule has 0 bridgehead atoms. The molecule has 2 amide bonds. The van der Waals surface area contributed by atoms with E-state index in [1.807, 2.05) is 32.9 Å². The Morgan fingerprint density at radius 1 is 1.20 bits per heavy atom. The van der Waals surface area contributed by atoms with Crippen LogP contribution in [0, 0.1) is 0 Å². The summed E-state index contributed by atoms with van der Waals surface area (Å²) in [5.41, 5.74) is 1.44. The Kier molecular flexibility index (Phi) is 5.27. The molecular weight excluding hydrogens is 256 g/mol. The number of hydrogen-bond donors (Lipinski definition) is 3. The van der Waals surface area contributed by atoms with E-state index < -0.39 is 17.9 Å². The Bertz CT molecular complexity index is 492. The van der Waals surface area contributed by atoms with Gasteiger partial charge in [0.2, 0.25) is 0 Å². The molecule has 0 radical (unpaired) electrons. The van der Waals surface area contributed by atoms with Crippen molar-refractivity contribution in [3.8, 4) is 0 Å². The Morgan fingerprint density at radius 3 is 2.35 bits per heavy atom. The van der Waals surface area contributed by atoms with E-state index in [9.17, 15) is 9.59 Å². The molecule has 1 unspecified atom stereocenters. The van der Waals surface area contributed by atoms with Gasteiger partial charge in [-0.1, -0.05) is 39.0 Å². The highest BCUT2D eigenvalue weighted by Crippen LogP contribution is 2.29. The maximum absolute atomic E-state index is 11.8. The first kappa shape index (κ1) is 16.2. The number of nitrogens with one attached hydrogen (secondary N) is 2. The first-order valence-corrected chi connectivity index (χ1v) is 6.58. The zero-order valence-electron chi connectivity index (χ0n) is 12.4. The van der Waals surface area contributed by atoms with Gasteiger partial charge in [0.15, 0.2) is 0 Å². The summed E-state index contributed by atoms with van der Waals surface area (Å²) >= 11 is 0. The van der Waals surface area contributed by atoms with Gasteiger partial charge in [0, 0.05) is 11.7 Å². The molecule has 20 heavy (non-hydrogen) atoms. The minimum absolute atomic E-state index is 0.140. The van der Waals surface area contributed by atoms with Crippen LogP contribution < -0.4 is 10.6 Å². The maximum atomic E-state index is 11.8. The van der Waals surface area contributed by atoms with Crippen LogP contribution in [-0.2, 0) is 15.0 Å². The summed E-state index contributed by atoms with van der Waals surface area (Å²) in [6, 6.07) is 6.93. The number of carbonyl (C=O) groups is 2. The molecule has 1 atom stereocenters. The van der Waals surface area contributed by atoms with Crippen molar-refractivity contribution in [2.45, 2.75) is 39.2 Å². The van der Waals surface area contributed by atoms with Gasteiger partial charge < -0.3 is 15.7 Å². The van der Waals surface area contributed by atoms with Gasteiger partial charge in [0.05, 0.1) is 6.61 Å². The molecule has 5 heteroatoms. The molecule has 0 aliphatic carbocycles. The second-order valence-corrected chi connectivity index (χ2v) is 5.81. The van der Waals surface area contributed by atoms with E-state index in [0.717, 1.165) is 5.56 Å². The third kappa shape index (κ3) is 4.35. The summed E-state index contributed by atoms with van der Waals surface area (Å²) < 4.78 is 0. The zero-order valence-corrected chi connectivity index (χ0v) is 12.4. The highest BCUT2D eigenvalue weighted by Gasteiger charge is 2.21. The lowest BCUT2D eigenvalue weighted by molar-refractivity contribution is -0.136. The van der Waals surface area contributed by atoms with Crippen LogP contribution in [-0.4, -0.2) is 29.6 Å². The number of aliphatic hydroxyl groups excluding tert-OH is 1. The van der Waals surface area contributed by atoms with Crippen LogP contribution in [0.1, 0.15) is 33.3 Å². The average molecular weight is 278 g/mol. The molecule has 3 N–H and O–H groups in total. The lowest BCUT2D eigenvalue weighted by Crippen LogP contribution is -2.42. The first-order valence-electron chi connectivity index (χ1n) is 6.58. The highest BCUT2D eigenvalue weighted by atomic mass is 16.3. The zero-order chi connectivity index (χ0) is 15.3. The fourth-order valence-electron chi connectivity index (χ4n) is 1.76. The first-order chi connectivity index (χ1) is 9.25. The van der Waals surface area contributed by atoms with Crippen molar-refractivity contribution >= 4 is 17.5 Å². The summed E-state index contributed by atoms with van der Waals surface area (Å²) in [5, 5.41) is 13.9. The Hall–Kier alpha value is -1.88.